The molecule has 104 valence electrons. The van der Waals surface area contributed by atoms with Gasteiger partial charge in [0.1, 0.15) is 6.10 Å². The van der Waals surface area contributed by atoms with Gasteiger partial charge >= 0.3 is 11.9 Å². The van der Waals surface area contributed by atoms with Crippen LogP contribution in [0, 0.1) is 0 Å². The van der Waals surface area contributed by atoms with E-state index in [1.54, 1.807) is 6.92 Å². The van der Waals surface area contributed by atoms with Crippen molar-refractivity contribution in [2.45, 2.75) is 19.1 Å². The van der Waals surface area contributed by atoms with Crippen molar-refractivity contribution >= 4 is 11.9 Å². The molecule has 2 unspecified atom stereocenters. The highest BCUT2D eigenvalue weighted by Crippen LogP contribution is 2.16. The fourth-order valence-electron chi connectivity index (χ4n) is 1.34. The standard InChI is InChI=1S/C12H15NO6/c1-3-19-12(17)10(15)9(14)8-5-4-7(6-13-8)11(16)18-2/h4-6,9-10,14-15H,3H2,1-2H3. The molecule has 0 aliphatic heterocycles. The molecule has 1 aromatic heterocycles. The van der Waals surface area contributed by atoms with Gasteiger partial charge in [0.15, 0.2) is 6.10 Å². The van der Waals surface area contributed by atoms with Crippen LogP contribution in [0.4, 0.5) is 0 Å². The van der Waals surface area contributed by atoms with Crippen LogP contribution in [0.15, 0.2) is 18.3 Å². The number of hydrogen-bond acceptors (Lipinski definition) is 7. The van der Waals surface area contributed by atoms with Crippen molar-refractivity contribution in [3.63, 3.8) is 0 Å². The van der Waals surface area contributed by atoms with Crippen LogP contribution in [0.3, 0.4) is 0 Å². The number of methoxy groups -OCH3 is 1. The second-order valence-corrected chi connectivity index (χ2v) is 3.61. The molecular weight excluding hydrogens is 254 g/mol. The van der Waals surface area contributed by atoms with Crippen molar-refractivity contribution < 1.29 is 29.3 Å². The van der Waals surface area contributed by atoms with Crippen molar-refractivity contribution in [3.05, 3.63) is 29.6 Å². The lowest BCUT2D eigenvalue weighted by molar-refractivity contribution is -0.159. The summed E-state index contributed by atoms with van der Waals surface area (Å²) in [5, 5.41) is 19.3. The Hall–Kier alpha value is -1.99. The monoisotopic (exact) mass is 269 g/mol. The Morgan fingerprint density at radius 1 is 1.37 bits per heavy atom. The van der Waals surface area contributed by atoms with Gasteiger partial charge in [-0.2, -0.15) is 0 Å². The molecule has 0 aliphatic carbocycles. The molecule has 0 amide bonds. The molecule has 2 atom stereocenters. The van der Waals surface area contributed by atoms with Crippen LogP contribution in [0.5, 0.6) is 0 Å². The summed E-state index contributed by atoms with van der Waals surface area (Å²) in [6, 6.07) is 2.69. The van der Waals surface area contributed by atoms with Crippen molar-refractivity contribution in [2.24, 2.45) is 0 Å². The number of carbonyl (C=O) groups is 2. The van der Waals surface area contributed by atoms with E-state index in [0.717, 1.165) is 0 Å². The maximum Gasteiger partial charge on any atom is 0.339 e. The predicted octanol–water partition coefficient (Wildman–Crippen LogP) is -0.174. The first-order chi connectivity index (χ1) is 9.01. The van der Waals surface area contributed by atoms with E-state index in [4.69, 9.17) is 0 Å². The number of nitrogens with zero attached hydrogens (tertiary/aromatic N) is 1. The summed E-state index contributed by atoms with van der Waals surface area (Å²) in [4.78, 5) is 26.2. The highest BCUT2D eigenvalue weighted by molar-refractivity contribution is 5.88. The van der Waals surface area contributed by atoms with Gasteiger partial charge in [-0.1, -0.05) is 0 Å². The van der Waals surface area contributed by atoms with Crippen molar-refractivity contribution in [1.82, 2.24) is 4.98 Å². The Kier molecular flexibility index (Phi) is 5.40. The number of ether oxygens (including phenoxy) is 2. The SMILES string of the molecule is CCOC(=O)C(O)C(O)c1ccc(C(=O)OC)cn1. The van der Waals surface area contributed by atoms with Gasteiger partial charge in [-0.05, 0) is 19.1 Å². The van der Waals surface area contributed by atoms with E-state index < -0.39 is 24.1 Å². The number of rotatable bonds is 5. The van der Waals surface area contributed by atoms with Gasteiger partial charge < -0.3 is 19.7 Å². The lowest BCUT2D eigenvalue weighted by Gasteiger charge is -2.15. The van der Waals surface area contributed by atoms with Gasteiger partial charge in [0.25, 0.3) is 0 Å². The van der Waals surface area contributed by atoms with Crippen molar-refractivity contribution in [1.29, 1.82) is 0 Å². The van der Waals surface area contributed by atoms with E-state index in [-0.39, 0.29) is 17.9 Å². The molecule has 1 rings (SSSR count). The fraction of sp³-hybridized carbons (Fsp3) is 0.417. The Morgan fingerprint density at radius 3 is 2.53 bits per heavy atom. The maximum absolute atomic E-state index is 11.2. The van der Waals surface area contributed by atoms with Crippen LogP contribution in [-0.2, 0) is 14.3 Å². The van der Waals surface area contributed by atoms with Crippen LogP contribution < -0.4 is 0 Å². The molecule has 0 aliphatic rings. The second-order valence-electron chi connectivity index (χ2n) is 3.61. The van der Waals surface area contributed by atoms with E-state index in [1.165, 1.54) is 25.4 Å². The van der Waals surface area contributed by atoms with Crippen LogP contribution in [0.1, 0.15) is 29.1 Å². The minimum Gasteiger partial charge on any atom is -0.465 e. The summed E-state index contributed by atoms with van der Waals surface area (Å²) in [6.45, 7) is 1.68. The van der Waals surface area contributed by atoms with Crippen LogP contribution in [0.25, 0.3) is 0 Å². The van der Waals surface area contributed by atoms with E-state index in [1.807, 2.05) is 0 Å². The molecule has 1 heterocycles. The fourth-order valence-corrected chi connectivity index (χ4v) is 1.34. The average Bonchev–Trinajstić information content (AvgIpc) is 2.45. The molecule has 0 radical (unpaired) electrons. The minimum absolute atomic E-state index is 0.0493. The van der Waals surface area contributed by atoms with Crippen LogP contribution >= 0.6 is 0 Å². The number of aromatic nitrogens is 1. The Labute approximate surface area is 109 Å². The molecule has 0 fully saturated rings. The van der Waals surface area contributed by atoms with E-state index in [2.05, 4.69) is 14.5 Å². The molecule has 0 spiro atoms. The van der Waals surface area contributed by atoms with Gasteiger partial charge in [-0.3, -0.25) is 4.98 Å². The van der Waals surface area contributed by atoms with Crippen molar-refractivity contribution in [3.8, 4) is 0 Å². The third-order valence-electron chi connectivity index (χ3n) is 2.34. The first-order valence-electron chi connectivity index (χ1n) is 5.58. The van der Waals surface area contributed by atoms with Crippen molar-refractivity contribution in [2.75, 3.05) is 13.7 Å². The highest BCUT2D eigenvalue weighted by atomic mass is 16.5. The predicted molar refractivity (Wildman–Crippen MR) is 63.2 cm³/mol. The largest absolute Gasteiger partial charge is 0.465 e. The Morgan fingerprint density at radius 2 is 2.05 bits per heavy atom. The normalized spacial score (nSPS) is 13.5. The van der Waals surface area contributed by atoms with Gasteiger partial charge in [0.05, 0.1) is 25.0 Å². The topological polar surface area (TPSA) is 106 Å². The number of carbonyl (C=O) groups excluding carboxylic acids is 2. The molecule has 19 heavy (non-hydrogen) atoms. The van der Waals surface area contributed by atoms with E-state index in [9.17, 15) is 19.8 Å². The Bertz CT molecular complexity index is 444. The number of pyridine rings is 1. The molecule has 1 aromatic rings. The summed E-state index contributed by atoms with van der Waals surface area (Å²) in [5.74, 6) is -1.51. The number of aliphatic hydroxyl groups excluding tert-OH is 2. The quantitative estimate of drug-likeness (QED) is 0.714. The number of hydrogen-bond donors (Lipinski definition) is 2. The summed E-state index contributed by atoms with van der Waals surface area (Å²) in [6.07, 6.45) is -2.07. The van der Waals surface area contributed by atoms with Gasteiger partial charge in [-0.25, -0.2) is 9.59 Å². The first kappa shape index (κ1) is 15.1. The lowest BCUT2D eigenvalue weighted by atomic mass is 10.1. The van der Waals surface area contributed by atoms with E-state index >= 15 is 0 Å². The lowest BCUT2D eigenvalue weighted by Crippen LogP contribution is -2.30. The molecule has 7 nitrogen and oxygen atoms in total. The molecule has 0 saturated heterocycles. The molecular formula is C12H15NO6. The van der Waals surface area contributed by atoms with E-state index in [0.29, 0.717) is 0 Å². The summed E-state index contributed by atoms with van der Waals surface area (Å²) < 4.78 is 9.06. The minimum atomic E-state index is -1.73. The third kappa shape index (κ3) is 3.73. The van der Waals surface area contributed by atoms with Crippen LogP contribution in [-0.4, -0.2) is 47.0 Å². The summed E-state index contributed by atoms with van der Waals surface area (Å²) in [5.41, 5.74) is 0.247. The second kappa shape index (κ2) is 6.81. The summed E-state index contributed by atoms with van der Waals surface area (Å²) in [7, 11) is 1.23. The molecule has 7 heteroatoms. The van der Waals surface area contributed by atoms with Crippen LogP contribution in [0.2, 0.25) is 0 Å². The smallest absolute Gasteiger partial charge is 0.339 e. The van der Waals surface area contributed by atoms with Gasteiger partial charge in [0.2, 0.25) is 0 Å². The van der Waals surface area contributed by atoms with Gasteiger partial charge in [-0.15, -0.1) is 0 Å². The highest BCUT2D eigenvalue weighted by Gasteiger charge is 2.28. The van der Waals surface area contributed by atoms with Gasteiger partial charge in [0, 0.05) is 6.20 Å². The zero-order chi connectivity index (χ0) is 14.4. The first-order valence-corrected chi connectivity index (χ1v) is 5.58. The molecule has 0 bridgehead atoms. The average molecular weight is 269 g/mol. The third-order valence-corrected chi connectivity index (χ3v) is 2.34. The zero-order valence-electron chi connectivity index (χ0n) is 10.6. The zero-order valence-corrected chi connectivity index (χ0v) is 10.6. The molecule has 2 N–H and O–H groups in total. The number of esters is 2. The summed E-state index contributed by atoms with van der Waals surface area (Å²) >= 11 is 0. The number of aliphatic hydroxyl groups is 2. The molecule has 0 aromatic carbocycles. The maximum atomic E-state index is 11.2. The Balaban J connectivity index is 2.80. The molecule has 0 saturated carbocycles.